The number of aromatic nitrogens is 1. The van der Waals surface area contributed by atoms with Crippen LogP contribution in [-0.2, 0) is 6.54 Å². The Morgan fingerprint density at radius 2 is 1.95 bits per heavy atom. The lowest BCUT2D eigenvalue weighted by molar-refractivity contribution is 0.0972. The molecule has 0 saturated heterocycles. The molecule has 1 aromatic heterocycles. The molecule has 1 aromatic carbocycles. The number of Topliss-reactive ketones (excluding diaryl/α,β-unsaturated/α-hetero) is 1. The summed E-state index contributed by atoms with van der Waals surface area (Å²) in [6, 6.07) is 8.04. The molecular formula is C14H12BrNO3. The number of hydrogen-bond donors (Lipinski definition) is 0. The maximum absolute atomic E-state index is 12.1. The van der Waals surface area contributed by atoms with Crippen molar-refractivity contribution in [3.63, 3.8) is 0 Å². The van der Waals surface area contributed by atoms with E-state index in [1.54, 1.807) is 42.3 Å². The predicted octanol–water partition coefficient (Wildman–Crippen LogP) is 2.50. The normalized spacial score (nSPS) is 10.2. The molecule has 0 fully saturated rings. The molecule has 2 aromatic rings. The van der Waals surface area contributed by atoms with Gasteiger partial charge in [0.2, 0.25) is 0 Å². The van der Waals surface area contributed by atoms with Crippen molar-refractivity contribution in [2.45, 2.75) is 6.54 Å². The van der Waals surface area contributed by atoms with Gasteiger partial charge < -0.3 is 9.30 Å². The average Bonchev–Trinajstić information content (AvgIpc) is 2.41. The Labute approximate surface area is 118 Å². The van der Waals surface area contributed by atoms with E-state index in [-0.39, 0.29) is 17.8 Å². The zero-order valence-electron chi connectivity index (χ0n) is 10.3. The van der Waals surface area contributed by atoms with E-state index in [1.165, 1.54) is 12.1 Å². The Hall–Kier alpha value is -1.88. The van der Waals surface area contributed by atoms with Gasteiger partial charge in [0.15, 0.2) is 11.2 Å². The topological polar surface area (TPSA) is 48.3 Å². The number of halogens is 1. The highest BCUT2D eigenvalue weighted by atomic mass is 79.9. The summed E-state index contributed by atoms with van der Waals surface area (Å²) in [4.78, 5) is 23.1. The van der Waals surface area contributed by atoms with Gasteiger partial charge in [-0.1, -0.05) is 0 Å². The number of methoxy groups -OCH3 is 1. The number of nitrogens with zero attached hydrogens (tertiary/aromatic N) is 1. The summed E-state index contributed by atoms with van der Waals surface area (Å²) in [5.41, 5.74) is 0.516. The third-order valence-corrected chi connectivity index (χ3v) is 3.28. The van der Waals surface area contributed by atoms with Crippen LogP contribution in [0.15, 0.2) is 52.0 Å². The lowest BCUT2D eigenvalue weighted by Crippen LogP contribution is -2.12. The lowest BCUT2D eigenvalue weighted by Gasteiger charge is -2.07. The van der Waals surface area contributed by atoms with Crippen molar-refractivity contribution in [2.75, 3.05) is 7.11 Å². The van der Waals surface area contributed by atoms with Gasteiger partial charge in [-0.2, -0.15) is 0 Å². The number of hydrogen-bond acceptors (Lipinski definition) is 3. The number of pyridine rings is 1. The fourth-order valence-electron chi connectivity index (χ4n) is 1.65. The van der Waals surface area contributed by atoms with Crippen LogP contribution in [0.3, 0.4) is 0 Å². The number of rotatable bonds is 4. The van der Waals surface area contributed by atoms with Gasteiger partial charge in [-0.3, -0.25) is 9.59 Å². The van der Waals surface area contributed by atoms with Crippen LogP contribution in [0.1, 0.15) is 10.4 Å². The zero-order chi connectivity index (χ0) is 13.8. The van der Waals surface area contributed by atoms with E-state index in [2.05, 4.69) is 15.9 Å². The summed E-state index contributed by atoms with van der Waals surface area (Å²) < 4.78 is 7.52. The number of carbonyl (C=O) groups is 1. The molecule has 5 heteroatoms. The molecule has 0 unspecified atom stereocenters. The van der Waals surface area contributed by atoms with Crippen molar-refractivity contribution in [2.24, 2.45) is 0 Å². The minimum absolute atomic E-state index is 0.0352. The van der Waals surface area contributed by atoms with E-state index in [4.69, 9.17) is 4.74 Å². The van der Waals surface area contributed by atoms with Crippen LogP contribution in [0, 0.1) is 0 Å². The van der Waals surface area contributed by atoms with Gasteiger partial charge in [-0.15, -0.1) is 0 Å². The predicted molar refractivity (Wildman–Crippen MR) is 75.7 cm³/mol. The molecule has 0 atom stereocenters. The van der Waals surface area contributed by atoms with Gasteiger partial charge in [0, 0.05) is 30.1 Å². The molecule has 0 aliphatic heterocycles. The largest absolute Gasteiger partial charge is 0.496 e. The highest BCUT2D eigenvalue weighted by molar-refractivity contribution is 9.10. The molecule has 0 saturated carbocycles. The molecule has 0 aliphatic rings. The molecule has 2 rings (SSSR count). The van der Waals surface area contributed by atoms with Crippen LogP contribution in [0.2, 0.25) is 0 Å². The van der Waals surface area contributed by atoms with E-state index in [1.807, 2.05) is 0 Å². The summed E-state index contributed by atoms with van der Waals surface area (Å²) in [5.74, 6) is 0.645. The fraction of sp³-hybridized carbons (Fsp3) is 0.143. The van der Waals surface area contributed by atoms with E-state index in [9.17, 15) is 9.59 Å². The highest BCUT2D eigenvalue weighted by Crippen LogP contribution is 2.25. The Bertz CT molecular complexity index is 643. The third kappa shape index (κ3) is 3.32. The Morgan fingerprint density at radius 1 is 1.26 bits per heavy atom. The first-order valence-corrected chi connectivity index (χ1v) is 6.42. The minimum Gasteiger partial charge on any atom is -0.496 e. The van der Waals surface area contributed by atoms with Gasteiger partial charge in [-0.25, -0.2) is 0 Å². The van der Waals surface area contributed by atoms with E-state index in [0.29, 0.717) is 11.3 Å². The average molecular weight is 322 g/mol. The van der Waals surface area contributed by atoms with Gasteiger partial charge in [0.1, 0.15) is 5.75 Å². The van der Waals surface area contributed by atoms with E-state index in [0.717, 1.165) is 4.47 Å². The van der Waals surface area contributed by atoms with Gasteiger partial charge in [0.25, 0.3) is 0 Å². The first-order valence-electron chi connectivity index (χ1n) is 5.63. The molecule has 0 spiro atoms. The van der Waals surface area contributed by atoms with Crippen molar-refractivity contribution in [1.82, 2.24) is 4.57 Å². The number of benzene rings is 1. The zero-order valence-corrected chi connectivity index (χ0v) is 11.9. The Morgan fingerprint density at radius 3 is 2.53 bits per heavy atom. The number of carbonyl (C=O) groups excluding carboxylic acids is 1. The van der Waals surface area contributed by atoms with Crippen molar-refractivity contribution in [3.8, 4) is 5.75 Å². The van der Waals surface area contributed by atoms with Crippen LogP contribution in [0.4, 0.5) is 0 Å². The summed E-state index contributed by atoms with van der Waals surface area (Å²) in [6.07, 6.45) is 3.19. The fourth-order valence-corrected chi connectivity index (χ4v) is 2.19. The van der Waals surface area contributed by atoms with Crippen molar-refractivity contribution < 1.29 is 9.53 Å². The van der Waals surface area contributed by atoms with Gasteiger partial charge in [-0.05, 0) is 34.1 Å². The molecule has 0 radical (unpaired) electrons. The number of ketones is 1. The second kappa shape index (κ2) is 5.84. The van der Waals surface area contributed by atoms with Crippen molar-refractivity contribution in [1.29, 1.82) is 0 Å². The summed E-state index contributed by atoms with van der Waals surface area (Å²) in [6.45, 7) is 0.194. The van der Waals surface area contributed by atoms with Gasteiger partial charge >= 0.3 is 0 Å². The lowest BCUT2D eigenvalue weighted by atomic mass is 10.1. The molecular weight excluding hydrogens is 310 g/mol. The third-order valence-electron chi connectivity index (χ3n) is 2.66. The van der Waals surface area contributed by atoms with Crippen LogP contribution >= 0.6 is 15.9 Å². The molecule has 4 nitrogen and oxygen atoms in total. The quantitative estimate of drug-likeness (QED) is 0.813. The molecule has 1 heterocycles. The first-order chi connectivity index (χ1) is 9.10. The first kappa shape index (κ1) is 13.5. The SMILES string of the molecule is COc1ccc(C(=O)Cn2ccc(=O)cc2)cc1Br. The monoisotopic (exact) mass is 321 g/mol. The Balaban J connectivity index is 2.18. The second-order valence-electron chi connectivity index (χ2n) is 3.98. The van der Waals surface area contributed by atoms with E-state index >= 15 is 0 Å². The maximum Gasteiger partial charge on any atom is 0.182 e. The molecule has 19 heavy (non-hydrogen) atoms. The summed E-state index contributed by atoms with van der Waals surface area (Å²) in [5, 5.41) is 0. The summed E-state index contributed by atoms with van der Waals surface area (Å²) in [7, 11) is 1.57. The molecule has 0 amide bonds. The van der Waals surface area contributed by atoms with Crippen LogP contribution < -0.4 is 10.2 Å². The molecule has 0 aliphatic carbocycles. The minimum atomic E-state index is -0.0732. The van der Waals surface area contributed by atoms with Crippen molar-refractivity contribution >= 4 is 21.7 Å². The second-order valence-corrected chi connectivity index (χ2v) is 4.83. The summed E-state index contributed by atoms with van der Waals surface area (Å²) >= 11 is 3.35. The van der Waals surface area contributed by atoms with Crippen LogP contribution in [0.5, 0.6) is 5.75 Å². The van der Waals surface area contributed by atoms with Gasteiger partial charge in [0.05, 0.1) is 18.1 Å². The van der Waals surface area contributed by atoms with Crippen LogP contribution in [-0.4, -0.2) is 17.5 Å². The van der Waals surface area contributed by atoms with E-state index < -0.39 is 0 Å². The molecule has 98 valence electrons. The smallest absolute Gasteiger partial charge is 0.182 e. The standard InChI is InChI=1S/C14H12BrNO3/c1-19-14-3-2-10(8-12(14)15)13(18)9-16-6-4-11(17)5-7-16/h2-8H,9H2,1H3. The van der Waals surface area contributed by atoms with Crippen molar-refractivity contribution in [3.05, 3.63) is 63.0 Å². The highest BCUT2D eigenvalue weighted by Gasteiger charge is 2.09. The molecule has 0 bridgehead atoms. The Kier molecular flexibility index (Phi) is 4.16. The molecule has 0 N–H and O–H groups in total. The van der Waals surface area contributed by atoms with Crippen LogP contribution in [0.25, 0.3) is 0 Å². The maximum atomic E-state index is 12.1. The number of ether oxygens (including phenoxy) is 1.